The number of halogens is 2. The van der Waals surface area contributed by atoms with Crippen LogP contribution in [-0.2, 0) is 26.2 Å². The molecule has 0 saturated heterocycles. The van der Waals surface area contributed by atoms with Gasteiger partial charge in [-0.2, -0.15) is 18.2 Å². The Labute approximate surface area is 103 Å². The Bertz CT molecular complexity index is 108. The van der Waals surface area contributed by atoms with Crippen molar-refractivity contribution in [2.45, 2.75) is 0 Å². The van der Waals surface area contributed by atoms with Gasteiger partial charge < -0.3 is 39.9 Å². The van der Waals surface area contributed by atoms with Crippen molar-refractivity contribution in [1.82, 2.24) is 0 Å². The van der Waals surface area contributed by atoms with Crippen molar-refractivity contribution < 1.29 is 66.1 Å². The Balaban J connectivity index is -0.0000000436. The molecule has 0 aliphatic heterocycles. The van der Waals surface area contributed by atoms with E-state index in [0.717, 1.165) is 0 Å². The third-order valence-corrected chi connectivity index (χ3v) is 0.556. The number of hydrogen-bond acceptors (Lipinski definition) is 3. The first kappa shape index (κ1) is 23.0. The molecule has 2 N–H and O–H groups in total. The minimum Gasteiger partial charge on any atom is -1.00 e. The average Bonchev–Trinajstić information content (AvgIpc) is 2.11. The molecule has 0 fully saturated rings. The Kier molecular flexibility index (Phi) is 34.0. The maximum atomic E-state index is 8.64. The van der Waals surface area contributed by atoms with E-state index in [0.29, 0.717) is 0 Å². The number of hydrogen-bond donors (Lipinski definition) is 2. The average molecular weight is 288 g/mol. The zero-order chi connectivity index (χ0) is 7.11. The van der Waals surface area contributed by atoms with Gasteiger partial charge in [0.2, 0.25) is 0 Å². The van der Waals surface area contributed by atoms with Crippen LogP contribution in [0.25, 0.3) is 0 Å². The second-order valence-corrected chi connectivity index (χ2v) is 1.29. The molecule has 0 aromatic heterocycles. The molecule has 0 amide bonds. The van der Waals surface area contributed by atoms with E-state index in [1.54, 1.807) is 0 Å². The molecule has 1 aromatic carbocycles. The molecule has 0 unspecified atom stereocenters. The monoisotopic (exact) mass is 286 g/mol. The normalized spacial score (nSPS) is 5.58. The fourth-order valence-corrected chi connectivity index (χ4v) is 0.321. The Hall–Kier alpha value is 0.758. The van der Waals surface area contributed by atoms with Gasteiger partial charge in [-0.1, -0.05) is 0 Å². The molecular formula is C5H7BCl2O3Zr. The van der Waals surface area contributed by atoms with E-state index >= 15 is 0 Å². The molecule has 0 atom stereocenters. The zero-order valence-electron chi connectivity index (χ0n) is 6.02. The number of rotatable bonds is 0. The molecule has 66 valence electrons. The van der Waals surface area contributed by atoms with Crippen LogP contribution in [0.2, 0.25) is 0 Å². The van der Waals surface area contributed by atoms with Gasteiger partial charge in [-0.3, -0.25) is 0 Å². The zero-order valence-corrected chi connectivity index (χ0v) is 9.99. The van der Waals surface area contributed by atoms with Crippen LogP contribution in [0.15, 0.2) is 30.3 Å². The summed E-state index contributed by atoms with van der Waals surface area (Å²) in [5.74, 6) is 0. The van der Waals surface area contributed by atoms with Crippen molar-refractivity contribution in [3.8, 4) is 0 Å². The Morgan fingerprint density at radius 3 is 1.42 bits per heavy atom. The summed E-state index contributed by atoms with van der Waals surface area (Å²) in [6.07, 6.45) is 0. The molecule has 0 heterocycles. The topological polar surface area (TPSA) is 63.5 Å². The van der Waals surface area contributed by atoms with Crippen molar-refractivity contribution in [3.63, 3.8) is 0 Å². The first-order chi connectivity index (χ1) is 4.23. The van der Waals surface area contributed by atoms with Gasteiger partial charge in [0.05, 0.1) is 0 Å². The summed E-state index contributed by atoms with van der Waals surface area (Å²) in [7, 11) is -2.42. The molecule has 0 saturated carbocycles. The minimum atomic E-state index is -2.42. The predicted octanol–water partition coefficient (Wildman–Crippen LogP) is -7.27. The van der Waals surface area contributed by atoms with Crippen LogP contribution in [0.3, 0.4) is 0 Å². The molecule has 3 nitrogen and oxygen atoms in total. The van der Waals surface area contributed by atoms with Gasteiger partial charge in [-0.15, -0.1) is 0 Å². The summed E-state index contributed by atoms with van der Waals surface area (Å²) in [5.41, 5.74) is 0. The second-order valence-electron chi connectivity index (χ2n) is 1.29. The van der Waals surface area contributed by atoms with E-state index in [1.165, 1.54) is 0 Å². The Morgan fingerprint density at radius 2 is 1.33 bits per heavy atom. The summed E-state index contributed by atoms with van der Waals surface area (Å²) < 4.78 is 0. The van der Waals surface area contributed by atoms with Gasteiger partial charge in [-0.25, -0.2) is 12.1 Å². The van der Waals surface area contributed by atoms with Crippen LogP contribution < -0.4 is 29.8 Å². The molecule has 0 aliphatic carbocycles. The van der Waals surface area contributed by atoms with Gasteiger partial charge in [0.15, 0.2) is 0 Å². The van der Waals surface area contributed by atoms with E-state index in [4.69, 9.17) is 15.1 Å². The first-order valence-corrected chi connectivity index (χ1v) is 2.42. The van der Waals surface area contributed by atoms with Gasteiger partial charge >= 0.3 is 33.5 Å². The SMILES string of the molecule is [Cl-].[Cl-].[O-]B(O)O.[Zr+4].c1cc[cH-]c1. The third kappa shape index (κ3) is 30.9. The molecule has 0 radical (unpaired) electrons. The smallest absolute Gasteiger partial charge is 1.00 e. The van der Waals surface area contributed by atoms with Crippen molar-refractivity contribution in [2.75, 3.05) is 0 Å². The fraction of sp³-hybridized carbons (Fsp3) is 0. The van der Waals surface area contributed by atoms with Gasteiger partial charge in [0.1, 0.15) is 0 Å². The van der Waals surface area contributed by atoms with Crippen molar-refractivity contribution in [2.24, 2.45) is 0 Å². The summed E-state index contributed by atoms with van der Waals surface area (Å²) in [4.78, 5) is 0. The van der Waals surface area contributed by atoms with E-state index in [-0.39, 0.29) is 51.0 Å². The summed E-state index contributed by atoms with van der Waals surface area (Å²) >= 11 is 0. The molecule has 7 heteroatoms. The van der Waals surface area contributed by atoms with E-state index < -0.39 is 7.32 Å². The maximum Gasteiger partial charge on any atom is 4.00 e. The van der Waals surface area contributed by atoms with Crippen molar-refractivity contribution in [3.05, 3.63) is 30.3 Å². The first-order valence-electron chi connectivity index (χ1n) is 2.42. The maximum absolute atomic E-state index is 8.64. The van der Waals surface area contributed by atoms with Crippen molar-refractivity contribution >= 4 is 7.32 Å². The van der Waals surface area contributed by atoms with Crippen LogP contribution in [-0.4, -0.2) is 17.4 Å². The summed E-state index contributed by atoms with van der Waals surface area (Å²) in [6, 6.07) is 10.0. The van der Waals surface area contributed by atoms with Crippen LogP contribution in [0, 0.1) is 0 Å². The molecular weight excluding hydrogens is 281 g/mol. The Morgan fingerprint density at radius 1 is 1.08 bits per heavy atom. The van der Waals surface area contributed by atoms with Crippen LogP contribution in [0.5, 0.6) is 0 Å². The second kappa shape index (κ2) is 17.7. The largest absolute Gasteiger partial charge is 4.00 e. The summed E-state index contributed by atoms with van der Waals surface area (Å²) in [5, 5.41) is 22.8. The third-order valence-electron chi connectivity index (χ3n) is 0.556. The summed E-state index contributed by atoms with van der Waals surface area (Å²) in [6.45, 7) is 0. The van der Waals surface area contributed by atoms with Crippen LogP contribution >= 0.6 is 0 Å². The molecule has 0 bridgehead atoms. The van der Waals surface area contributed by atoms with Crippen molar-refractivity contribution in [1.29, 1.82) is 0 Å². The van der Waals surface area contributed by atoms with E-state index in [2.05, 4.69) is 0 Å². The standard InChI is InChI=1S/C5H5.BH2O3.2ClH.Zr/c1-2-4-5-3-1;2-1(3)4;;;/h1-5H;2-3H;2*1H;/q2*-1;;;+4/p-2. The van der Waals surface area contributed by atoms with E-state index in [9.17, 15) is 0 Å². The molecule has 1 aromatic rings. The quantitative estimate of drug-likeness (QED) is 0.368. The fourth-order valence-electron chi connectivity index (χ4n) is 0.321. The van der Waals surface area contributed by atoms with Crippen LogP contribution in [0.4, 0.5) is 0 Å². The minimum absolute atomic E-state index is 0. The molecule has 1 rings (SSSR count). The molecule has 12 heavy (non-hydrogen) atoms. The van der Waals surface area contributed by atoms with Gasteiger partial charge in [-0.05, 0) is 0 Å². The van der Waals surface area contributed by atoms with Gasteiger partial charge in [0, 0.05) is 0 Å². The molecule has 0 aliphatic rings. The van der Waals surface area contributed by atoms with Gasteiger partial charge in [0.25, 0.3) is 0 Å². The van der Waals surface area contributed by atoms with Crippen LogP contribution in [0.1, 0.15) is 0 Å². The van der Waals surface area contributed by atoms with E-state index in [1.807, 2.05) is 30.3 Å². The molecule has 0 spiro atoms. The predicted molar refractivity (Wildman–Crippen MR) is 32.2 cm³/mol.